The quantitative estimate of drug-likeness (QED) is 0.453. The van der Waals surface area contributed by atoms with E-state index in [1.807, 2.05) is 0 Å². The predicted molar refractivity (Wildman–Crippen MR) is 89.5 cm³/mol. The van der Waals surface area contributed by atoms with Crippen LogP contribution >= 0.6 is 0 Å². The lowest BCUT2D eigenvalue weighted by Gasteiger charge is -2.06. The summed E-state index contributed by atoms with van der Waals surface area (Å²) in [6.07, 6.45) is 1.00. The summed E-state index contributed by atoms with van der Waals surface area (Å²) >= 11 is 0. The van der Waals surface area contributed by atoms with Crippen molar-refractivity contribution in [3.63, 3.8) is 0 Å². The largest absolute Gasteiger partial charge is 0.507 e. The number of methoxy groups -OCH3 is 1. The number of benzene rings is 2. The van der Waals surface area contributed by atoms with Crippen LogP contribution in [0.15, 0.2) is 41.5 Å². The first-order chi connectivity index (χ1) is 12.3. The Hall–Kier alpha value is -4.02. The molecule has 0 aliphatic carbocycles. The summed E-state index contributed by atoms with van der Waals surface area (Å²) in [6.45, 7) is 0. The lowest BCUT2D eigenvalue weighted by atomic mass is 10.1. The first kappa shape index (κ1) is 18.3. The lowest BCUT2D eigenvalue weighted by molar-refractivity contribution is -0.385. The zero-order valence-corrected chi connectivity index (χ0v) is 13.3. The van der Waals surface area contributed by atoms with E-state index in [1.165, 1.54) is 19.2 Å². The molecule has 0 bridgehead atoms. The number of hydrazone groups is 1. The second-order valence-corrected chi connectivity index (χ2v) is 4.84. The van der Waals surface area contributed by atoms with Crippen molar-refractivity contribution in [3.8, 4) is 11.5 Å². The standard InChI is InChI=1S/C15H12N4O7/c1-26-14-5-3-11(19(24)25)7-12(14)15(21)17-16-8-9-6-10(18(22)23)2-4-13(9)20/h2-8,20H,1H3,(H,17,21)/b16-8-. The van der Waals surface area contributed by atoms with Gasteiger partial charge in [-0.1, -0.05) is 0 Å². The summed E-state index contributed by atoms with van der Waals surface area (Å²) in [5.41, 5.74) is 1.42. The molecule has 0 heterocycles. The summed E-state index contributed by atoms with van der Waals surface area (Å²) in [6, 6.07) is 6.76. The number of carbonyl (C=O) groups is 1. The normalized spacial score (nSPS) is 10.5. The molecular formula is C15H12N4O7. The van der Waals surface area contributed by atoms with Crippen molar-refractivity contribution in [1.82, 2.24) is 5.43 Å². The maximum absolute atomic E-state index is 12.2. The van der Waals surface area contributed by atoms with E-state index >= 15 is 0 Å². The van der Waals surface area contributed by atoms with Crippen LogP contribution in [0.25, 0.3) is 0 Å². The van der Waals surface area contributed by atoms with Crippen LogP contribution in [0.3, 0.4) is 0 Å². The van der Waals surface area contributed by atoms with Gasteiger partial charge in [-0.3, -0.25) is 25.0 Å². The fourth-order valence-electron chi connectivity index (χ4n) is 1.97. The molecule has 0 fully saturated rings. The molecule has 0 unspecified atom stereocenters. The fraction of sp³-hybridized carbons (Fsp3) is 0.0667. The Labute approximate surface area is 145 Å². The third-order valence-corrected chi connectivity index (χ3v) is 3.23. The highest BCUT2D eigenvalue weighted by atomic mass is 16.6. The van der Waals surface area contributed by atoms with E-state index in [1.54, 1.807) is 0 Å². The highest BCUT2D eigenvalue weighted by molar-refractivity contribution is 5.98. The molecule has 0 radical (unpaired) electrons. The van der Waals surface area contributed by atoms with Crippen LogP contribution in [-0.4, -0.2) is 34.2 Å². The van der Waals surface area contributed by atoms with Crippen molar-refractivity contribution < 1.29 is 24.5 Å². The van der Waals surface area contributed by atoms with Gasteiger partial charge < -0.3 is 9.84 Å². The van der Waals surface area contributed by atoms with Crippen LogP contribution < -0.4 is 10.2 Å². The van der Waals surface area contributed by atoms with Gasteiger partial charge in [0.25, 0.3) is 17.3 Å². The monoisotopic (exact) mass is 360 g/mol. The van der Waals surface area contributed by atoms with Crippen LogP contribution in [0, 0.1) is 20.2 Å². The van der Waals surface area contributed by atoms with Crippen molar-refractivity contribution in [2.75, 3.05) is 7.11 Å². The van der Waals surface area contributed by atoms with Crippen LogP contribution in [0.1, 0.15) is 15.9 Å². The van der Waals surface area contributed by atoms with Crippen molar-refractivity contribution in [2.45, 2.75) is 0 Å². The summed E-state index contributed by atoms with van der Waals surface area (Å²) in [5, 5.41) is 34.8. The molecule has 2 aromatic carbocycles. The van der Waals surface area contributed by atoms with Gasteiger partial charge >= 0.3 is 0 Å². The zero-order chi connectivity index (χ0) is 19.3. The van der Waals surface area contributed by atoms with Crippen LogP contribution in [0.4, 0.5) is 11.4 Å². The molecule has 2 aromatic rings. The van der Waals surface area contributed by atoms with Gasteiger partial charge in [0.1, 0.15) is 11.5 Å². The minimum atomic E-state index is -0.799. The number of nitrogens with zero attached hydrogens (tertiary/aromatic N) is 3. The SMILES string of the molecule is COc1ccc([N+](=O)[O-])cc1C(=O)N/N=C\c1cc([N+](=O)[O-])ccc1O. The van der Waals surface area contributed by atoms with E-state index < -0.39 is 15.8 Å². The lowest BCUT2D eigenvalue weighted by Crippen LogP contribution is -2.18. The number of nitro benzene ring substituents is 2. The van der Waals surface area contributed by atoms with Crippen molar-refractivity contribution >= 4 is 23.5 Å². The Morgan fingerprint density at radius 1 is 1.15 bits per heavy atom. The Morgan fingerprint density at radius 3 is 2.38 bits per heavy atom. The molecule has 11 heteroatoms. The van der Waals surface area contributed by atoms with E-state index in [0.717, 1.165) is 30.5 Å². The van der Waals surface area contributed by atoms with Gasteiger partial charge in [-0.05, 0) is 12.1 Å². The third kappa shape index (κ3) is 4.08. The first-order valence-electron chi connectivity index (χ1n) is 6.96. The van der Waals surface area contributed by atoms with E-state index in [9.17, 15) is 30.1 Å². The molecule has 1 amide bonds. The number of carbonyl (C=O) groups excluding carboxylic acids is 1. The minimum absolute atomic E-state index is 0.00510. The number of nitrogens with one attached hydrogen (secondary N) is 1. The molecule has 0 aromatic heterocycles. The molecule has 0 atom stereocenters. The molecule has 0 saturated heterocycles. The number of hydrogen-bond donors (Lipinski definition) is 2. The second-order valence-electron chi connectivity index (χ2n) is 4.84. The number of aromatic hydroxyl groups is 1. The highest BCUT2D eigenvalue weighted by Crippen LogP contribution is 2.24. The molecule has 0 aliphatic heterocycles. The topological polar surface area (TPSA) is 157 Å². The molecule has 26 heavy (non-hydrogen) atoms. The Balaban J connectivity index is 2.22. The Kier molecular flexibility index (Phi) is 5.43. The van der Waals surface area contributed by atoms with Crippen molar-refractivity contribution in [3.05, 3.63) is 67.8 Å². The number of non-ortho nitro benzene ring substituents is 2. The molecule has 2 rings (SSSR count). The maximum Gasteiger partial charge on any atom is 0.275 e. The summed E-state index contributed by atoms with van der Waals surface area (Å²) in [4.78, 5) is 32.4. The van der Waals surface area contributed by atoms with Crippen LogP contribution in [-0.2, 0) is 0 Å². The van der Waals surface area contributed by atoms with Gasteiger partial charge in [0.2, 0.25) is 0 Å². The van der Waals surface area contributed by atoms with E-state index in [0.29, 0.717) is 0 Å². The maximum atomic E-state index is 12.2. The molecule has 0 saturated carbocycles. The Bertz CT molecular complexity index is 911. The minimum Gasteiger partial charge on any atom is -0.507 e. The summed E-state index contributed by atoms with van der Waals surface area (Å²) in [7, 11) is 1.29. The van der Waals surface area contributed by atoms with Crippen molar-refractivity contribution in [1.29, 1.82) is 0 Å². The van der Waals surface area contributed by atoms with E-state index in [2.05, 4.69) is 10.5 Å². The van der Waals surface area contributed by atoms with Gasteiger partial charge in [0.15, 0.2) is 0 Å². The molecule has 2 N–H and O–H groups in total. The number of nitro groups is 2. The van der Waals surface area contributed by atoms with Crippen molar-refractivity contribution in [2.24, 2.45) is 5.10 Å². The Morgan fingerprint density at radius 2 is 1.77 bits per heavy atom. The van der Waals surface area contributed by atoms with Crippen LogP contribution in [0.5, 0.6) is 11.5 Å². The molecule has 11 nitrogen and oxygen atoms in total. The number of phenols is 1. The zero-order valence-electron chi connectivity index (χ0n) is 13.3. The second kappa shape index (κ2) is 7.70. The third-order valence-electron chi connectivity index (χ3n) is 3.23. The van der Waals surface area contributed by atoms with Gasteiger partial charge in [-0.15, -0.1) is 0 Å². The number of hydrogen-bond acceptors (Lipinski definition) is 8. The summed E-state index contributed by atoms with van der Waals surface area (Å²) in [5.74, 6) is -0.977. The van der Waals surface area contributed by atoms with Gasteiger partial charge in [0, 0.05) is 29.8 Å². The average molecular weight is 360 g/mol. The molecule has 0 spiro atoms. The van der Waals surface area contributed by atoms with Gasteiger partial charge in [-0.2, -0.15) is 5.10 Å². The first-order valence-corrected chi connectivity index (χ1v) is 6.96. The van der Waals surface area contributed by atoms with E-state index in [4.69, 9.17) is 4.74 Å². The molecular weight excluding hydrogens is 348 g/mol. The van der Waals surface area contributed by atoms with Crippen LogP contribution in [0.2, 0.25) is 0 Å². The number of amides is 1. The predicted octanol–water partition coefficient (Wildman–Crippen LogP) is 1.98. The molecule has 134 valence electrons. The van der Waals surface area contributed by atoms with Gasteiger partial charge in [0.05, 0.1) is 28.7 Å². The van der Waals surface area contributed by atoms with Gasteiger partial charge in [-0.25, -0.2) is 5.43 Å². The fourth-order valence-corrected chi connectivity index (χ4v) is 1.97. The number of ether oxygens (including phenoxy) is 1. The summed E-state index contributed by atoms with van der Waals surface area (Å²) < 4.78 is 4.98. The number of rotatable bonds is 6. The highest BCUT2D eigenvalue weighted by Gasteiger charge is 2.17. The average Bonchev–Trinajstić information content (AvgIpc) is 2.62. The molecule has 0 aliphatic rings. The smallest absolute Gasteiger partial charge is 0.275 e. The van der Waals surface area contributed by atoms with E-state index in [-0.39, 0.29) is 34.0 Å². The number of phenolic OH excluding ortho intramolecular Hbond substituents is 1.